The molecule has 1 aromatic carbocycles. The van der Waals surface area contributed by atoms with Gasteiger partial charge in [0, 0.05) is 36.0 Å². The normalized spacial score (nSPS) is 10.6. The maximum atomic E-state index is 12.1. The Morgan fingerprint density at radius 2 is 2.00 bits per heavy atom. The first-order valence-corrected chi connectivity index (χ1v) is 8.73. The molecule has 3 aromatic rings. The van der Waals surface area contributed by atoms with Gasteiger partial charge in [0.1, 0.15) is 17.2 Å². The lowest BCUT2D eigenvalue weighted by Crippen LogP contribution is -2.26. The Labute approximate surface area is 161 Å². The summed E-state index contributed by atoms with van der Waals surface area (Å²) in [6, 6.07) is 8.36. The summed E-state index contributed by atoms with van der Waals surface area (Å²) in [5, 5.41) is 12.7. The minimum atomic E-state index is -1.10. The van der Waals surface area contributed by atoms with E-state index in [2.05, 4.69) is 15.3 Å². The number of carbonyl (C=O) groups excluding carboxylic acids is 1. The zero-order valence-corrected chi connectivity index (χ0v) is 15.6. The fraction of sp³-hybridized carbons (Fsp3) is 0.250. The van der Waals surface area contributed by atoms with Crippen LogP contribution in [0.4, 0.5) is 0 Å². The molecule has 8 heteroatoms. The van der Waals surface area contributed by atoms with E-state index in [-0.39, 0.29) is 11.3 Å². The number of nitrogens with zero attached hydrogens (tertiary/aromatic N) is 1. The van der Waals surface area contributed by atoms with E-state index >= 15 is 0 Å². The van der Waals surface area contributed by atoms with Gasteiger partial charge in [0.25, 0.3) is 5.91 Å². The molecule has 8 nitrogen and oxygen atoms in total. The number of pyridine rings is 1. The fourth-order valence-corrected chi connectivity index (χ4v) is 2.92. The number of aromatic amines is 1. The molecule has 0 aliphatic carbocycles. The molecular weight excluding hydrogens is 362 g/mol. The molecule has 0 radical (unpaired) electrons. The summed E-state index contributed by atoms with van der Waals surface area (Å²) in [5.74, 6) is -0.0517. The number of amides is 1. The maximum Gasteiger partial charge on any atom is 0.335 e. The Morgan fingerprint density at radius 3 is 2.71 bits per heavy atom. The Bertz CT molecular complexity index is 1010. The van der Waals surface area contributed by atoms with Crippen LogP contribution in [0.25, 0.3) is 10.9 Å². The van der Waals surface area contributed by atoms with E-state index in [1.54, 1.807) is 14.2 Å². The molecule has 2 aromatic heterocycles. The Hall–Kier alpha value is -3.55. The van der Waals surface area contributed by atoms with Crippen LogP contribution in [0.1, 0.15) is 33.0 Å². The zero-order valence-electron chi connectivity index (χ0n) is 15.6. The number of rotatable bonds is 8. The van der Waals surface area contributed by atoms with Gasteiger partial charge in [-0.15, -0.1) is 0 Å². The van der Waals surface area contributed by atoms with Crippen molar-refractivity contribution >= 4 is 22.8 Å². The van der Waals surface area contributed by atoms with Crippen LogP contribution >= 0.6 is 0 Å². The van der Waals surface area contributed by atoms with Crippen molar-refractivity contribution in [2.75, 3.05) is 20.8 Å². The van der Waals surface area contributed by atoms with Crippen molar-refractivity contribution in [2.24, 2.45) is 0 Å². The number of carboxylic acid groups (broad SMARTS) is 1. The van der Waals surface area contributed by atoms with Crippen LogP contribution in [0.2, 0.25) is 0 Å². The van der Waals surface area contributed by atoms with Crippen LogP contribution in [-0.2, 0) is 6.42 Å². The van der Waals surface area contributed by atoms with Gasteiger partial charge in [-0.1, -0.05) is 0 Å². The number of fused-ring (bicyclic) bond motifs is 1. The monoisotopic (exact) mass is 383 g/mol. The third-order valence-corrected chi connectivity index (χ3v) is 4.33. The summed E-state index contributed by atoms with van der Waals surface area (Å²) in [7, 11) is 3.22. The van der Waals surface area contributed by atoms with E-state index < -0.39 is 11.9 Å². The molecule has 0 atom stereocenters. The molecule has 0 saturated carbocycles. The Kier molecular flexibility index (Phi) is 5.78. The third-order valence-electron chi connectivity index (χ3n) is 4.33. The summed E-state index contributed by atoms with van der Waals surface area (Å²) in [4.78, 5) is 30.3. The summed E-state index contributed by atoms with van der Waals surface area (Å²) in [6.07, 6.45) is 2.74. The fourth-order valence-electron chi connectivity index (χ4n) is 2.92. The summed E-state index contributed by atoms with van der Waals surface area (Å²) in [6.45, 7) is 0.438. The van der Waals surface area contributed by atoms with E-state index in [0.717, 1.165) is 28.8 Å². The van der Waals surface area contributed by atoms with Gasteiger partial charge in [-0.05, 0) is 31.0 Å². The van der Waals surface area contributed by atoms with Gasteiger partial charge in [0.05, 0.1) is 25.3 Å². The molecule has 0 saturated heterocycles. The number of nitrogens with one attached hydrogen (secondary N) is 2. The SMILES string of the molecule is COc1cc(OC)c2cc(CCCNC(=O)c3cc(C(=O)O)ccn3)[nH]c2c1. The first-order chi connectivity index (χ1) is 13.5. The molecule has 3 rings (SSSR count). The van der Waals surface area contributed by atoms with Crippen molar-refractivity contribution in [3.8, 4) is 11.5 Å². The molecule has 0 aliphatic heterocycles. The van der Waals surface area contributed by atoms with Crippen LogP contribution in [0.5, 0.6) is 11.5 Å². The quantitative estimate of drug-likeness (QED) is 0.515. The zero-order chi connectivity index (χ0) is 20.1. The number of H-pyrrole nitrogens is 1. The number of carboxylic acids is 1. The van der Waals surface area contributed by atoms with Gasteiger partial charge >= 0.3 is 5.97 Å². The lowest BCUT2D eigenvalue weighted by molar-refractivity contribution is 0.0696. The topological polar surface area (TPSA) is 114 Å². The van der Waals surface area contributed by atoms with E-state index in [1.807, 2.05) is 18.2 Å². The second-order valence-corrected chi connectivity index (χ2v) is 6.18. The number of aromatic nitrogens is 2. The molecular formula is C20H21N3O5. The number of carbonyl (C=O) groups is 2. The van der Waals surface area contributed by atoms with Crippen molar-refractivity contribution in [2.45, 2.75) is 12.8 Å². The van der Waals surface area contributed by atoms with E-state index in [1.165, 1.54) is 18.3 Å². The van der Waals surface area contributed by atoms with Crippen LogP contribution in [-0.4, -0.2) is 47.7 Å². The number of aryl methyl sites for hydroxylation is 1. The molecule has 0 unspecified atom stereocenters. The van der Waals surface area contributed by atoms with Crippen LogP contribution in [0.3, 0.4) is 0 Å². The van der Waals surface area contributed by atoms with Crippen molar-refractivity contribution in [3.63, 3.8) is 0 Å². The third kappa shape index (κ3) is 4.22. The highest BCUT2D eigenvalue weighted by molar-refractivity contribution is 5.95. The van der Waals surface area contributed by atoms with E-state index in [4.69, 9.17) is 14.6 Å². The summed E-state index contributed by atoms with van der Waals surface area (Å²) < 4.78 is 10.7. The van der Waals surface area contributed by atoms with Gasteiger partial charge in [-0.3, -0.25) is 9.78 Å². The van der Waals surface area contributed by atoms with Gasteiger partial charge in [0.2, 0.25) is 0 Å². The van der Waals surface area contributed by atoms with Crippen molar-refractivity contribution < 1.29 is 24.2 Å². The van der Waals surface area contributed by atoms with Crippen LogP contribution in [0.15, 0.2) is 36.5 Å². The predicted octanol–water partition coefficient (Wildman–Crippen LogP) is 2.64. The standard InChI is InChI=1S/C20H21N3O5/c1-27-14-10-16-15(18(11-14)28-2)9-13(23-16)4-3-6-22-19(24)17-8-12(20(25)26)5-7-21-17/h5,7-11,23H,3-4,6H2,1-2H3,(H,22,24)(H,25,26). The number of ether oxygens (including phenoxy) is 2. The van der Waals surface area contributed by atoms with E-state index in [0.29, 0.717) is 18.7 Å². The minimum Gasteiger partial charge on any atom is -0.497 e. The highest BCUT2D eigenvalue weighted by atomic mass is 16.5. The first kappa shape index (κ1) is 19.2. The van der Waals surface area contributed by atoms with Gasteiger partial charge in [-0.2, -0.15) is 0 Å². The number of hydrogen-bond acceptors (Lipinski definition) is 5. The summed E-state index contributed by atoms with van der Waals surface area (Å²) in [5.41, 5.74) is 2.05. The highest BCUT2D eigenvalue weighted by Crippen LogP contribution is 2.31. The Morgan fingerprint density at radius 1 is 1.18 bits per heavy atom. The largest absolute Gasteiger partial charge is 0.497 e. The second kappa shape index (κ2) is 8.43. The predicted molar refractivity (Wildman–Crippen MR) is 103 cm³/mol. The molecule has 2 heterocycles. The van der Waals surface area contributed by atoms with Crippen molar-refractivity contribution in [3.05, 3.63) is 53.5 Å². The number of aromatic carboxylic acids is 1. The van der Waals surface area contributed by atoms with Crippen molar-refractivity contribution in [1.29, 1.82) is 0 Å². The molecule has 0 spiro atoms. The lowest BCUT2D eigenvalue weighted by Gasteiger charge is -2.05. The van der Waals surface area contributed by atoms with Crippen LogP contribution in [0, 0.1) is 0 Å². The number of hydrogen-bond donors (Lipinski definition) is 3. The molecule has 3 N–H and O–H groups in total. The Balaban J connectivity index is 1.58. The average Bonchev–Trinajstić information content (AvgIpc) is 3.13. The number of benzene rings is 1. The second-order valence-electron chi connectivity index (χ2n) is 6.18. The smallest absolute Gasteiger partial charge is 0.335 e. The average molecular weight is 383 g/mol. The molecule has 28 heavy (non-hydrogen) atoms. The highest BCUT2D eigenvalue weighted by Gasteiger charge is 2.11. The van der Waals surface area contributed by atoms with E-state index in [9.17, 15) is 9.59 Å². The van der Waals surface area contributed by atoms with Crippen LogP contribution < -0.4 is 14.8 Å². The number of methoxy groups -OCH3 is 2. The first-order valence-electron chi connectivity index (χ1n) is 8.73. The van der Waals surface area contributed by atoms with Gasteiger partial charge in [-0.25, -0.2) is 4.79 Å². The summed E-state index contributed by atoms with van der Waals surface area (Å²) >= 11 is 0. The molecule has 0 bridgehead atoms. The molecule has 0 fully saturated rings. The minimum absolute atomic E-state index is 0.0302. The van der Waals surface area contributed by atoms with Crippen molar-refractivity contribution in [1.82, 2.24) is 15.3 Å². The van der Waals surface area contributed by atoms with Gasteiger partial charge in [0.15, 0.2) is 0 Å². The molecule has 0 aliphatic rings. The van der Waals surface area contributed by atoms with Gasteiger partial charge < -0.3 is 24.9 Å². The maximum absolute atomic E-state index is 12.1. The molecule has 1 amide bonds. The lowest BCUT2D eigenvalue weighted by atomic mass is 10.2. The molecule has 146 valence electrons.